The molecule has 0 unspecified atom stereocenters. The molecule has 9 heteroatoms. The number of thiophene rings is 1. The smallest absolute Gasteiger partial charge is 0.226 e. The second kappa shape index (κ2) is 8.48. The van der Waals surface area contributed by atoms with Crippen molar-refractivity contribution in [2.75, 3.05) is 37.7 Å². The van der Waals surface area contributed by atoms with E-state index in [0.29, 0.717) is 23.7 Å². The van der Waals surface area contributed by atoms with Gasteiger partial charge in [-0.25, -0.2) is 9.97 Å². The van der Waals surface area contributed by atoms with Gasteiger partial charge in [-0.1, -0.05) is 0 Å². The number of benzene rings is 1. The molecular weight excluding hydrogens is 422 g/mol. The fourth-order valence-electron chi connectivity index (χ4n) is 4.64. The van der Waals surface area contributed by atoms with E-state index in [-0.39, 0.29) is 5.92 Å². The van der Waals surface area contributed by atoms with Gasteiger partial charge in [-0.2, -0.15) is 0 Å². The molecule has 8 nitrogen and oxygen atoms in total. The van der Waals surface area contributed by atoms with Crippen molar-refractivity contribution in [3.63, 3.8) is 0 Å². The van der Waals surface area contributed by atoms with E-state index >= 15 is 0 Å². The molecule has 0 radical (unpaired) electrons. The van der Waals surface area contributed by atoms with Crippen LogP contribution < -0.4 is 11.1 Å². The molecule has 1 amide bonds. The predicted molar refractivity (Wildman–Crippen MR) is 129 cm³/mol. The number of hydrogen-bond donors (Lipinski definition) is 3. The van der Waals surface area contributed by atoms with Crippen molar-refractivity contribution < 1.29 is 4.79 Å². The molecule has 0 bridgehead atoms. The SMILES string of the molecule is CN1CCC(C(=O)N2CCc3c(sc4ncnc(Nc5ccc(N)c(C=N)c5)c34)C2)CC1. The second-order valence-electron chi connectivity index (χ2n) is 8.61. The van der Waals surface area contributed by atoms with Crippen LogP contribution in [0.25, 0.3) is 10.2 Å². The quantitative estimate of drug-likeness (QED) is 0.417. The normalized spacial score (nSPS) is 17.3. The Morgan fingerprint density at radius 2 is 2.09 bits per heavy atom. The number of nitrogens with one attached hydrogen (secondary N) is 2. The first-order chi connectivity index (χ1) is 15.5. The summed E-state index contributed by atoms with van der Waals surface area (Å²) in [5, 5.41) is 12.0. The molecule has 166 valence electrons. The van der Waals surface area contributed by atoms with Gasteiger partial charge >= 0.3 is 0 Å². The Morgan fingerprint density at radius 3 is 2.88 bits per heavy atom. The van der Waals surface area contributed by atoms with Crippen molar-refractivity contribution in [3.05, 3.63) is 40.5 Å². The molecule has 0 atom stereocenters. The van der Waals surface area contributed by atoms with E-state index in [9.17, 15) is 4.79 Å². The average molecular weight is 450 g/mol. The Hall–Kier alpha value is -3.04. The van der Waals surface area contributed by atoms with Crippen molar-refractivity contribution in [2.45, 2.75) is 25.8 Å². The first-order valence-electron chi connectivity index (χ1n) is 10.9. The largest absolute Gasteiger partial charge is 0.398 e. The predicted octanol–water partition coefficient (Wildman–Crippen LogP) is 3.24. The van der Waals surface area contributed by atoms with E-state index in [0.717, 1.165) is 60.6 Å². The molecule has 0 spiro atoms. The highest BCUT2D eigenvalue weighted by Crippen LogP contribution is 2.38. The van der Waals surface area contributed by atoms with Crippen LogP contribution >= 0.6 is 11.3 Å². The fraction of sp³-hybridized carbons (Fsp3) is 0.391. The highest BCUT2D eigenvalue weighted by atomic mass is 32.1. The van der Waals surface area contributed by atoms with Gasteiger partial charge in [-0.3, -0.25) is 4.79 Å². The standard InChI is InChI=1S/C23H27N7OS/c1-29-7-4-14(5-8-29)23(31)30-9-6-17-19(12-30)32-22-20(17)21(26-13-27-22)28-16-2-3-18(25)15(10-16)11-24/h2-3,10-11,13-14,24H,4-9,12,25H2,1H3,(H,26,27,28). The molecule has 3 aromatic rings. The molecule has 32 heavy (non-hydrogen) atoms. The van der Waals surface area contributed by atoms with Crippen molar-refractivity contribution in [2.24, 2.45) is 5.92 Å². The number of hydrogen-bond acceptors (Lipinski definition) is 8. The van der Waals surface area contributed by atoms with Gasteiger partial charge in [0.2, 0.25) is 5.91 Å². The van der Waals surface area contributed by atoms with Crippen molar-refractivity contribution in [1.29, 1.82) is 5.41 Å². The maximum Gasteiger partial charge on any atom is 0.226 e. The van der Waals surface area contributed by atoms with E-state index in [4.69, 9.17) is 11.1 Å². The minimum Gasteiger partial charge on any atom is -0.398 e. The Kier molecular flexibility index (Phi) is 5.52. The highest BCUT2D eigenvalue weighted by molar-refractivity contribution is 7.19. The lowest BCUT2D eigenvalue weighted by atomic mass is 9.94. The number of carbonyl (C=O) groups excluding carboxylic acids is 1. The van der Waals surface area contributed by atoms with Gasteiger partial charge in [0.25, 0.3) is 0 Å². The Labute approximate surface area is 191 Å². The topological polar surface area (TPSA) is 111 Å². The molecule has 1 saturated heterocycles. The second-order valence-corrected chi connectivity index (χ2v) is 9.69. The number of nitrogens with zero attached hydrogens (tertiary/aromatic N) is 4. The molecule has 4 N–H and O–H groups in total. The minimum atomic E-state index is 0.146. The number of nitrogen functional groups attached to an aromatic ring is 1. The van der Waals surface area contributed by atoms with Crippen LogP contribution in [0.4, 0.5) is 17.2 Å². The van der Waals surface area contributed by atoms with Crippen LogP contribution in [0.15, 0.2) is 24.5 Å². The Morgan fingerprint density at radius 1 is 1.28 bits per heavy atom. The van der Waals surface area contributed by atoms with Gasteiger partial charge in [-0.15, -0.1) is 11.3 Å². The third kappa shape index (κ3) is 3.82. The minimum absolute atomic E-state index is 0.146. The van der Waals surface area contributed by atoms with E-state index in [1.165, 1.54) is 16.7 Å². The Bertz CT molecular complexity index is 1180. The summed E-state index contributed by atoms with van der Waals surface area (Å²) in [7, 11) is 2.12. The molecule has 2 aliphatic heterocycles. The molecule has 0 aliphatic carbocycles. The first-order valence-corrected chi connectivity index (χ1v) is 11.7. The number of amides is 1. The van der Waals surface area contributed by atoms with Crippen LogP contribution in [-0.2, 0) is 17.8 Å². The van der Waals surface area contributed by atoms with Crippen LogP contribution in [0.2, 0.25) is 0 Å². The number of nitrogens with two attached hydrogens (primary N) is 1. The lowest BCUT2D eigenvalue weighted by Gasteiger charge is -2.34. The number of fused-ring (bicyclic) bond motifs is 3. The Balaban J connectivity index is 1.40. The summed E-state index contributed by atoms with van der Waals surface area (Å²) in [6.07, 6.45) is 5.53. The van der Waals surface area contributed by atoms with Gasteiger partial charge < -0.3 is 26.3 Å². The number of carbonyl (C=O) groups is 1. The molecule has 1 aromatic carbocycles. The molecule has 2 aliphatic rings. The van der Waals surface area contributed by atoms with E-state index < -0.39 is 0 Å². The summed E-state index contributed by atoms with van der Waals surface area (Å²) in [5.41, 5.74) is 9.22. The lowest BCUT2D eigenvalue weighted by Crippen LogP contribution is -2.43. The monoisotopic (exact) mass is 449 g/mol. The first kappa shape index (κ1) is 20.8. The average Bonchev–Trinajstić information content (AvgIpc) is 3.19. The van der Waals surface area contributed by atoms with E-state index in [1.807, 2.05) is 17.0 Å². The van der Waals surface area contributed by atoms with Gasteiger partial charge in [0.05, 0.1) is 11.9 Å². The van der Waals surface area contributed by atoms with Crippen molar-refractivity contribution >= 4 is 50.9 Å². The highest BCUT2D eigenvalue weighted by Gasteiger charge is 2.31. The molecule has 4 heterocycles. The van der Waals surface area contributed by atoms with Crippen LogP contribution in [0.3, 0.4) is 0 Å². The molecular formula is C23H27N7OS. The fourth-order valence-corrected chi connectivity index (χ4v) is 5.84. The van der Waals surface area contributed by atoms with Crippen LogP contribution in [0.5, 0.6) is 0 Å². The zero-order chi connectivity index (χ0) is 22.2. The molecule has 1 fully saturated rings. The maximum absolute atomic E-state index is 13.1. The van der Waals surface area contributed by atoms with Crippen LogP contribution in [0.1, 0.15) is 28.8 Å². The van der Waals surface area contributed by atoms with Gasteiger partial charge in [0.15, 0.2) is 0 Å². The van der Waals surface area contributed by atoms with Gasteiger partial charge in [0.1, 0.15) is 17.0 Å². The zero-order valence-electron chi connectivity index (χ0n) is 18.1. The maximum atomic E-state index is 13.1. The summed E-state index contributed by atoms with van der Waals surface area (Å²) in [6.45, 7) is 3.38. The third-order valence-corrected chi connectivity index (χ3v) is 7.65. The summed E-state index contributed by atoms with van der Waals surface area (Å²) < 4.78 is 0. The zero-order valence-corrected chi connectivity index (χ0v) is 18.9. The number of piperidine rings is 1. The van der Waals surface area contributed by atoms with Crippen molar-refractivity contribution in [3.8, 4) is 0 Å². The summed E-state index contributed by atoms with van der Waals surface area (Å²) in [5.74, 6) is 1.20. The van der Waals surface area contributed by atoms with Gasteiger partial charge in [-0.05, 0) is 63.2 Å². The van der Waals surface area contributed by atoms with Crippen LogP contribution in [0, 0.1) is 11.3 Å². The summed E-state index contributed by atoms with van der Waals surface area (Å²) in [4.78, 5) is 28.6. The number of aromatic nitrogens is 2. The molecule has 5 rings (SSSR count). The number of likely N-dealkylation sites (tertiary alicyclic amines) is 1. The lowest BCUT2D eigenvalue weighted by molar-refractivity contribution is -0.137. The molecule has 2 aromatic heterocycles. The summed E-state index contributed by atoms with van der Waals surface area (Å²) >= 11 is 1.65. The van der Waals surface area contributed by atoms with Crippen molar-refractivity contribution in [1.82, 2.24) is 19.8 Å². The molecule has 0 saturated carbocycles. The van der Waals surface area contributed by atoms with E-state index in [2.05, 4.69) is 27.2 Å². The third-order valence-electron chi connectivity index (χ3n) is 6.52. The van der Waals surface area contributed by atoms with Crippen LogP contribution in [-0.4, -0.2) is 58.6 Å². The summed E-state index contributed by atoms with van der Waals surface area (Å²) in [6, 6.07) is 5.52. The number of rotatable bonds is 4. The van der Waals surface area contributed by atoms with Gasteiger partial charge in [0, 0.05) is 40.5 Å². The van der Waals surface area contributed by atoms with E-state index in [1.54, 1.807) is 23.7 Å². The number of anilines is 3.